The summed E-state index contributed by atoms with van der Waals surface area (Å²) in [6, 6.07) is 14.6. The molecule has 4 heterocycles. The molecule has 13 heteroatoms. The van der Waals surface area contributed by atoms with Gasteiger partial charge in [-0.15, -0.1) is 11.3 Å². The van der Waals surface area contributed by atoms with Crippen molar-refractivity contribution in [2.75, 3.05) is 19.6 Å². The summed E-state index contributed by atoms with van der Waals surface area (Å²) in [7, 11) is -3.40. The minimum absolute atomic E-state index is 0.181. The van der Waals surface area contributed by atoms with Crippen LogP contribution in [0.3, 0.4) is 0 Å². The average molecular weight is 638 g/mol. The molecule has 0 spiro atoms. The van der Waals surface area contributed by atoms with Gasteiger partial charge in [-0.2, -0.15) is 8.78 Å². The summed E-state index contributed by atoms with van der Waals surface area (Å²) in [6.45, 7) is 1.39. The van der Waals surface area contributed by atoms with Crippen LogP contribution in [0.1, 0.15) is 65.7 Å². The molecule has 0 bridgehead atoms. The van der Waals surface area contributed by atoms with E-state index in [0.717, 1.165) is 42.9 Å². The zero-order valence-corrected chi connectivity index (χ0v) is 25.2. The fourth-order valence-corrected chi connectivity index (χ4v) is 6.76. The number of rotatable bonds is 5. The first-order valence-electron chi connectivity index (χ1n) is 14.1. The third-order valence-electron chi connectivity index (χ3n) is 7.83. The van der Waals surface area contributed by atoms with Crippen molar-refractivity contribution in [2.24, 2.45) is 5.73 Å². The topological polar surface area (TPSA) is 124 Å². The van der Waals surface area contributed by atoms with E-state index >= 15 is 0 Å². The molecular weight excluding hydrogens is 602 g/mol. The first kappa shape index (κ1) is 32.9. The van der Waals surface area contributed by atoms with E-state index in [0.29, 0.717) is 34.0 Å². The summed E-state index contributed by atoms with van der Waals surface area (Å²) in [6.07, 6.45) is 8.93. The van der Waals surface area contributed by atoms with Gasteiger partial charge in [0.25, 0.3) is 5.91 Å². The molecule has 3 saturated heterocycles. The van der Waals surface area contributed by atoms with Gasteiger partial charge in [-0.3, -0.25) is 14.4 Å². The highest BCUT2D eigenvalue weighted by Gasteiger charge is 2.44. The number of alkyl halides is 3. The summed E-state index contributed by atoms with van der Waals surface area (Å²) in [4.78, 5) is 54.0. The molecule has 3 aromatic rings. The predicted molar refractivity (Wildman–Crippen MR) is 160 cm³/mol. The summed E-state index contributed by atoms with van der Waals surface area (Å²) in [5.74, 6) is -0.215. The Morgan fingerprint density at radius 3 is 2.40 bits per heavy atom. The number of hydrogen-bond acceptors (Lipinski definition) is 6. The van der Waals surface area contributed by atoms with Gasteiger partial charge in [0, 0.05) is 29.3 Å². The van der Waals surface area contributed by atoms with Gasteiger partial charge in [-0.1, -0.05) is 49.2 Å². The van der Waals surface area contributed by atoms with Crippen LogP contribution in [0, 0.1) is 0 Å². The fourth-order valence-electron chi connectivity index (χ4n) is 5.50. The second kappa shape index (κ2) is 14.2. The normalized spacial score (nSPS) is 19.7. The van der Waals surface area contributed by atoms with E-state index in [1.165, 1.54) is 49.1 Å². The van der Waals surface area contributed by atoms with Crippen molar-refractivity contribution in [3.8, 4) is 0 Å². The highest BCUT2D eigenvalue weighted by molar-refractivity contribution is 7.46. The number of benzene rings is 2. The molecule has 6 rings (SSSR count). The van der Waals surface area contributed by atoms with Crippen LogP contribution in [0.4, 0.5) is 13.2 Å². The number of thiophene rings is 1. The molecule has 0 saturated carbocycles. The molecule has 3 aliphatic rings. The monoisotopic (exact) mass is 637 g/mol. The Kier molecular flexibility index (Phi) is 10.8. The van der Waals surface area contributed by atoms with Gasteiger partial charge in [-0.25, -0.2) is 4.39 Å². The molecule has 0 aliphatic carbocycles. The lowest BCUT2D eigenvalue weighted by molar-refractivity contribution is -0.133. The van der Waals surface area contributed by atoms with Crippen LogP contribution in [0.5, 0.6) is 0 Å². The summed E-state index contributed by atoms with van der Waals surface area (Å²) in [5, 5.41) is 0.419. The molecule has 43 heavy (non-hydrogen) atoms. The third-order valence-corrected chi connectivity index (χ3v) is 9.72. The molecular formula is C30H35F3N3O5PS. The molecule has 8 nitrogen and oxygen atoms in total. The van der Waals surface area contributed by atoms with Crippen molar-refractivity contribution in [2.45, 2.75) is 62.3 Å². The minimum Gasteiger partial charge on any atom is -0.365 e. The number of nitrogens with two attached hydrogens (primary N) is 1. The molecule has 2 aromatic carbocycles. The van der Waals surface area contributed by atoms with Crippen LogP contribution in [0.2, 0.25) is 0 Å². The standard InChI is InChI=1S/C10H8F2NO3PS.C10H10FNO.C10H17NO/c11-10(12,17(15)16)6-1-2-7-5(3-6)4-8(18-7)9(13)14;11-10(6-12(7-10)8-13)9-4-2-1-3-5-9;12-10-7-3-1-2-5-9-6-4-8-11(9)10/h1-4,15-16H,(H2,13,14);1-5,8H,6-7H2;9H,1-8H2. The molecule has 232 valence electrons. The largest absolute Gasteiger partial charge is 0.365 e. The lowest BCUT2D eigenvalue weighted by atomic mass is 9.89. The maximum atomic E-state index is 13.9. The second-order valence-electron chi connectivity index (χ2n) is 10.9. The number of amides is 3. The van der Waals surface area contributed by atoms with E-state index in [1.54, 1.807) is 24.3 Å². The number of likely N-dealkylation sites (tertiary alicyclic amines) is 1. The number of halogens is 3. The lowest BCUT2D eigenvalue weighted by Crippen LogP contribution is -2.55. The highest BCUT2D eigenvalue weighted by atomic mass is 32.1. The maximum absolute atomic E-state index is 13.9. The van der Waals surface area contributed by atoms with E-state index < -0.39 is 31.2 Å². The Hall–Kier alpha value is -3.05. The van der Waals surface area contributed by atoms with Crippen LogP contribution in [-0.2, 0) is 20.9 Å². The Morgan fingerprint density at radius 2 is 1.74 bits per heavy atom. The Morgan fingerprint density at radius 1 is 1.05 bits per heavy atom. The number of hydrogen-bond donors (Lipinski definition) is 3. The zero-order valence-electron chi connectivity index (χ0n) is 23.5. The molecule has 4 N–H and O–H groups in total. The summed E-state index contributed by atoms with van der Waals surface area (Å²) < 4.78 is 41.3. The molecule has 1 atom stereocenters. The van der Waals surface area contributed by atoms with E-state index in [1.807, 2.05) is 6.07 Å². The fraction of sp³-hybridized carbons (Fsp3) is 0.433. The van der Waals surface area contributed by atoms with Crippen molar-refractivity contribution in [1.82, 2.24) is 9.80 Å². The van der Waals surface area contributed by atoms with Crippen molar-refractivity contribution >= 4 is 48.0 Å². The van der Waals surface area contributed by atoms with Crippen molar-refractivity contribution in [1.29, 1.82) is 0 Å². The molecule has 3 amide bonds. The number of carbonyl (C=O) groups excluding carboxylic acids is 3. The van der Waals surface area contributed by atoms with Crippen LogP contribution in [-0.4, -0.2) is 63.5 Å². The number of primary amides is 1. The smallest absolute Gasteiger partial charge is 0.339 e. The Balaban J connectivity index is 0.000000151. The van der Waals surface area contributed by atoms with Gasteiger partial charge >= 0.3 is 5.66 Å². The van der Waals surface area contributed by atoms with Gasteiger partial charge in [0.05, 0.1) is 18.0 Å². The van der Waals surface area contributed by atoms with Gasteiger partial charge < -0.3 is 25.3 Å². The quantitative estimate of drug-likeness (QED) is 0.248. The average Bonchev–Trinajstić information content (AvgIpc) is 3.62. The van der Waals surface area contributed by atoms with Gasteiger partial charge in [0.2, 0.25) is 20.7 Å². The third kappa shape index (κ3) is 7.92. The molecule has 0 radical (unpaired) electrons. The van der Waals surface area contributed by atoms with Crippen LogP contribution in [0.25, 0.3) is 10.1 Å². The molecule has 1 aromatic heterocycles. The minimum atomic E-state index is -3.70. The van der Waals surface area contributed by atoms with Gasteiger partial charge in [0.15, 0.2) is 5.67 Å². The van der Waals surface area contributed by atoms with Gasteiger partial charge in [0.1, 0.15) is 0 Å². The zero-order chi connectivity index (χ0) is 31.2. The number of nitrogens with zero attached hydrogens (tertiary/aromatic N) is 2. The number of fused-ring (bicyclic) bond motifs is 2. The first-order valence-corrected chi connectivity index (χ1v) is 16.1. The van der Waals surface area contributed by atoms with Crippen LogP contribution >= 0.6 is 19.7 Å². The second-order valence-corrected chi connectivity index (χ2v) is 13.1. The van der Waals surface area contributed by atoms with E-state index in [-0.39, 0.29) is 18.0 Å². The summed E-state index contributed by atoms with van der Waals surface area (Å²) in [5.41, 5.74) is 0.243. The van der Waals surface area contributed by atoms with E-state index in [9.17, 15) is 27.6 Å². The van der Waals surface area contributed by atoms with Crippen molar-refractivity contribution in [3.63, 3.8) is 0 Å². The predicted octanol–water partition coefficient (Wildman–Crippen LogP) is 5.61. The Labute approximate surface area is 253 Å². The maximum Gasteiger partial charge on any atom is 0.339 e. The van der Waals surface area contributed by atoms with Gasteiger partial charge in [-0.05, 0) is 54.8 Å². The van der Waals surface area contributed by atoms with E-state index in [4.69, 9.17) is 15.5 Å². The molecule has 3 aliphatic heterocycles. The van der Waals surface area contributed by atoms with Crippen molar-refractivity contribution in [3.05, 3.63) is 70.6 Å². The summed E-state index contributed by atoms with van der Waals surface area (Å²) >= 11 is 1.09. The SMILES string of the molecule is NC(=O)c1cc2cc(C(F)(F)P(O)O)ccc2s1.O=C1CCCCCC2CCCN12.O=CN1CC(F)(c2ccccc2)C1. The molecule has 3 fully saturated rings. The highest BCUT2D eigenvalue weighted by Crippen LogP contribution is 2.53. The number of carbonyl (C=O) groups is 3. The van der Waals surface area contributed by atoms with E-state index in [2.05, 4.69) is 4.90 Å². The first-order chi connectivity index (χ1) is 20.4. The van der Waals surface area contributed by atoms with Crippen molar-refractivity contribution < 1.29 is 37.3 Å². The lowest BCUT2D eigenvalue weighted by Gasteiger charge is -2.42. The molecule has 1 unspecified atom stereocenters. The Bertz CT molecular complexity index is 1420. The van der Waals surface area contributed by atoms with Crippen LogP contribution < -0.4 is 5.73 Å². The van der Waals surface area contributed by atoms with Crippen LogP contribution in [0.15, 0.2) is 54.6 Å².